The fraction of sp³-hybridized carbons (Fsp3) is 0.259. The fourth-order valence-corrected chi connectivity index (χ4v) is 3.91. The third-order valence-electron chi connectivity index (χ3n) is 5.58. The molecule has 0 aliphatic carbocycles. The summed E-state index contributed by atoms with van der Waals surface area (Å²) in [4.78, 5) is 26.9. The number of aryl methyl sites for hydroxylation is 1. The van der Waals surface area contributed by atoms with Crippen LogP contribution in [0.25, 0.3) is 0 Å². The van der Waals surface area contributed by atoms with Gasteiger partial charge >= 0.3 is 5.97 Å². The Bertz CT molecular complexity index is 1120. The number of amides is 1. The lowest BCUT2D eigenvalue weighted by Crippen LogP contribution is -2.61. The number of para-hydroxylation sites is 1. The van der Waals surface area contributed by atoms with Crippen LogP contribution in [0.15, 0.2) is 72.8 Å². The summed E-state index contributed by atoms with van der Waals surface area (Å²) in [6.45, 7) is 6.55. The van der Waals surface area contributed by atoms with Crippen LogP contribution in [0.5, 0.6) is 11.5 Å². The summed E-state index contributed by atoms with van der Waals surface area (Å²) in [5.41, 5.74) is 3.04. The number of carbonyl (C=O) groups excluding carboxylic acids is 2. The van der Waals surface area contributed by atoms with Gasteiger partial charge < -0.3 is 14.2 Å². The van der Waals surface area contributed by atoms with E-state index in [4.69, 9.17) is 14.2 Å². The van der Waals surface area contributed by atoms with Gasteiger partial charge in [-0.25, -0.2) is 4.79 Å². The van der Waals surface area contributed by atoms with Crippen LogP contribution in [0.2, 0.25) is 0 Å². The van der Waals surface area contributed by atoms with Crippen molar-refractivity contribution in [3.05, 3.63) is 89.5 Å². The number of ether oxygens (including phenoxy) is 3. The van der Waals surface area contributed by atoms with Crippen molar-refractivity contribution in [3.8, 4) is 11.5 Å². The van der Waals surface area contributed by atoms with Crippen molar-refractivity contribution in [1.29, 1.82) is 0 Å². The molecule has 0 spiro atoms. The van der Waals surface area contributed by atoms with E-state index >= 15 is 0 Å². The lowest BCUT2D eigenvalue weighted by molar-refractivity contribution is -0.135. The number of esters is 1. The van der Waals surface area contributed by atoms with Crippen molar-refractivity contribution >= 4 is 17.6 Å². The Morgan fingerprint density at radius 2 is 1.61 bits per heavy atom. The molecule has 0 unspecified atom stereocenters. The van der Waals surface area contributed by atoms with Gasteiger partial charge in [-0.2, -0.15) is 0 Å². The van der Waals surface area contributed by atoms with Gasteiger partial charge in [-0.05, 0) is 74.4 Å². The summed E-state index contributed by atoms with van der Waals surface area (Å²) >= 11 is 0. The molecule has 170 valence electrons. The maximum absolute atomic E-state index is 13.2. The average molecular weight is 446 g/mol. The first-order valence-corrected chi connectivity index (χ1v) is 11.1. The smallest absolute Gasteiger partial charge is 0.338 e. The highest BCUT2D eigenvalue weighted by molar-refractivity contribution is 6.05. The summed E-state index contributed by atoms with van der Waals surface area (Å²) in [5, 5.41) is 0. The second kappa shape index (κ2) is 9.77. The van der Waals surface area contributed by atoms with Crippen LogP contribution < -0.4 is 14.4 Å². The van der Waals surface area contributed by atoms with Crippen LogP contribution in [0.3, 0.4) is 0 Å². The molecule has 2 atom stereocenters. The summed E-state index contributed by atoms with van der Waals surface area (Å²) in [6, 6.07) is 21.9. The molecule has 6 heteroatoms. The summed E-state index contributed by atoms with van der Waals surface area (Å²) < 4.78 is 16.8. The molecule has 1 fully saturated rings. The maximum atomic E-state index is 13.2. The molecule has 33 heavy (non-hydrogen) atoms. The molecule has 0 radical (unpaired) electrons. The molecule has 0 saturated carbocycles. The van der Waals surface area contributed by atoms with E-state index in [0.717, 1.165) is 16.9 Å². The monoisotopic (exact) mass is 445 g/mol. The van der Waals surface area contributed by atoms with Gasteiger partial charge in [0.05, 0.1) is 18.8 Å². The van der Waals surface area contributed by atoms with Gasteiger partial charge in [0, 0.05) is 5.69 Å². The van der Waals surface area contributed by atoms with Crippen molar-refractivity contribution in [2.24, 2.45) is 0 Å². The van der Waals surface area contributed by atoms with E-state index < -0.39 is 6.10 Å². The molecule has 3 aromatic rings. The highest BCUT2D eigenvalue weighted by Crippen LogP contribution is 2.42. The Morgan fingerprint density at radius 3 is 2.24 bits per heavy atom. The van der Waals surface area contributed by atoms with Crippen molar-refractivity contribution in [2.75, 3.05) is 18.1 Å². The number of carbonyl (C=O) groups is 2. The van der Waals surface area contributed by atoms with E-state index in [1.54, 1.807) is 36.1 Å². The Morgan fingerprint density at radius 1 is 0.909 bits per heavy atom. The van der Waals surface area contributed by atoms with E-state index in [0.29, 0.717) is 30.2 Å². The Labute approximate surface area is 193 Å². The molecule has 1 aliphatic rings. The molecule has 1 saturated heterocycles. The number of hydrogen-bond donors (Lipinski definition) is 0. The molecule has 1 aliphatic heterocycles. The Balaban J connectivity index is 1.64. The van der Waals surface area contributed by atoms with Crippen molar-refractivity contribution in [3.63, 3.8) is 0 Å². The maximum Gasteiger partial charge on any atom is 0.338 e. The van der Waals surface area contributed by atoms with Crippen molar-refractivity contribution in [2.45, 2.75) is 32.9 Å². The summed E-state index contributed by atoms with van der Waals surface area (Å²) in [7, 11) is 0. The first kappa shape index (κ1) is 22.4. The normalized spacial score (nSPS) is 17.3. The van der Waals surface area contributed by atoms with E-state index in [2.05, 4.69) is 0 Å². The van der Waals surface area contributed by atoms with Crippen LogP contribution in [0.4, 0.5) is 5.69 Å². The second-order valence-corrected chi connectivity index (χ2v) is 7.73. The minimum absolute atomic E-state index is 0.138. The minimum Gasteiger partial charge on any atom is -0.494 e. The van der Waals surface area contributed by atoms with E-state index in [1.807, 2.05) is 62.4 Å². The molecule has 6 nitrogen and oxygen atoms in total. The first-order valence-electron chi connectivity index (χ1n) is 11.1. The largest absolute Gasteiger partial charge is 0.494 e. The number of rotatable bonds is 8. The van der Waals surface area contributed by atoms with E-state index in [9.17, 15) is 9.59 Å². The van der Waals surface area contributed by atoms with Crippen LogP contribution in [-0.4, -0.2) is 31.2 Å². The van der Waals surface area contributed by atoms with Gasteiger partial charge in [0.1, 0.15) is 17.5 Å². The molecular weight excluding hydrogens is 418 g/mol. The van der Waals surface area contributed by atoms with Crippen LogP contribution in [0.1, 0.15) is 41.4 Å². The number of nitrogens with zero attached hydrogens (tertiary/aromatic N) is 1. The molecule has 0 aromatic heterocycles. The van der Waals surface area contributed by atoms with Gasteiger partial charge in [0.25, 0.3) is 5.91 Å². The molecule has 0 N–H and O–H groups in total. The summed E-state index contributed by atoms with van der Waals surface area (Å²) in [5.74, 6) is 0.932. The van der Waals surface area contributed by atoms with Crippen LogP contribution in [-0.2, 0) is 9.53 Å². The van der Waals surface area contributed by atoms with Crippen LogP contribution in [0, 0.1) is 6.92 Å². The fourth-order valence-electron chi connectivity index (χ4n) is 3.91. The molecule has 4 rings (SSSR count). The third-order valence-corrected chi connectivity index (χ3v) is 5.58. The van der Waals surface area contributed by atoms with Crippen molar-refractivity contribution in [1.82, 2.24) is 0 Å². The number of β-lactam (4-membered cyclic amide) rings is 1. The second-order valence-electron chi connectivity index (χ2n) is 7.73. The Hall–Kier alpha value is -3.80. The number of hydrogen-bond acceptors (Lipinski definition) is 5. The predicted octanol–water partition coefficient (Wildman–Crippen LogP) is 5.11. The predicted molar refractivity (Wildman–Crippen MR) is 126 cm³/mol. The SMILES string of the molecule is CCOC(=O)c1ccc(N2C(=O)[C@H](Oc3ccccc3C)[C@H]2c2ccc(OCC)cc2)cc1. The third kappa shape index (κ3) is 4.55. The zero-order valence-corrected chi connectivity index (χ0v) is 19.0. The molecule has 3 aromatic carbocycles. The Kier molecular flexibility index (Phi) is 6.63. The zero-order valence-electron chi connectivity index (χ0n) is 19.0. The van der Waals surface area contributed by atoms with Gasteiger partial charge in [-0.15, -0.1) is 0 Å². The van der Waals surface area contributed by atoms with Crippen LogP contribution >= 0.6 is 0 Å². The zero-order chi connectivity index (χ0) is 23.4. The van der Waals surface area contributed by atoms with Gasteiger partial charge in [-0.3, -0.25) is 9.69 Å². The van der Waals surface area contributed by atoms with Gasteiger partial charge in [0.15, 0.2) is 0 Å². The van der Waals surface area contributed by atoms with Gasteiger partial charge in [0.2, 0.25) is 6.10 Å². The highest BCUT2D eigenvalue weighted by atomic mass is 16.5. The lowest BCUT2D eigenvalue weighted by Gasteiger charge is -2.46. The van der Waals surface area contributed by atoms with E-state index in [1.165, 1.54) is 0 Å². The topological polar surface area (TPSA) is 65.1 Å². The molecule has 0 bridgehead atoms. The van der Waals surface area contributed by atoms with Gasteiger partial charge in [-0.1, -0.05) is 30.3 Å². The summed E-state index contributed by atoms with van der Waals surface area (Å²) in [6.07, 6.45) is -0.659. The standard InChI is InChI=1S/C27H27NO5/c1-4-31-22-16-12-19(13-17-22)24-25(33-23-9-7-6-8-18(23)3)26(29)28(24)21-14-10-20(11-15-21)27(30)32-5-2/h6-17,24-25H,4-5H2,1-3H3/t24-,25-/m1/s1. The van der Waals surface area contributed by atoms with Crippen molar-refractivity contribution < 1.29 is 23.8 Å². The molecule has 1 amide bonds. The molecule has 1 heterocycles. The minimum atomic E-state index is -0.659. The lowest BCUT2D eigenvalue weighted by atomic mass is 9.89. The molecular formula is C27H27NO5. The first-order chi connectivity index (χ1) is 16.0. The van der Waals surface area contributed by atoms with E-state index in [-0.39, 0.29) is 17.9 Å². The number of anilines is 1. The number of benzene rings is 3. The quantitative estimate of drug-likeness (QED) is 0.356. The highest BCUT2D eigenvalue weighted by Gasteiger charge is 2.51. The average Bonchev–Trinajstić information content (AvgIpc) is 2.83.